The molecular weight excluding hydrogens is 395 g/mol. The number of anilines is 1. The van der Waals surface area contributed by atoms with Gasteiger partial charge in [0.2, 0.25) is 5.91 Å². The lowest BCUT2D eigenvalue weighted by Crippen LogP contribution is -2.32. The molecule has 154 valence electrons. The highest BCUT2D eigenvalue weighted by atomic mass is 32.1. The summed E-state index contributed by atoms with van der Waals surface area (Å²) in [7, 11) is 0. The third-order valence-corrected chi connectivity index (χ3v) is 5.93. The molecule has 1 aromatic heterocycles. The summed E-state index contributed by atoms with van der Waals surface area (Å²) in [6.45, 7) is 3.95. The number of carbonyl (C=O) groups is 3. The number of amides is 3. The second kappa shape index (κ2) is 9.17. The third kappa shape index (κ3) is 5.20. The number of hydrogen-bond donors (Lipinski definition) is 2. The first-order valence-electron chi connectivity index (χ1n) is 9.54. The van der Waals surface area contributed by atoms with Crippen LogP contribution in [0.3, 0.4) is 0 Å². The molecule has 1 atom stereocenters. The van der Waals surface area contributed by atoms with Crippen molar-refractivity contribution in [3.05, 3.63) is 51.7 Å². The maximum atomic E-state index is 13.1. The molecule has 0 saturated carbocycles. The number of ether oxygens (including phenoxy) is 1. The summed E-state index contributed by atoms with van der Waals surface area (Å²) < 4.78 is 17.8. The second-order valence-electron chi connectivity index (χ2n) is 7.08. The van der Waals surface area contributed by atoms with Crippen molar-refractivity contribution in [2.24, 2.45) is 5.92 Å². The van der Waals surface area contributed by atoms with Crippen LogP contribution in [0, 0.1) is 11.7 Å². The molecule has 1 aromatic carbocycles. The molecular formula is C21H23FN2O4S. The number of benzene rings is 1. The molecule has 3 rings (SSSR count). The van der Waals surface area contributed by atoms with Crippen LogP contribution in [-0.2, 0) is 28.8 Å². The highest BCUT2D eigenvalue weighted by Crippen LogP contribution is 2.39. The van der Waals surface area contributed by atoms with Gasteiger partial charge in [-0.25, -0.2) is 9.18 Å². The van der Waals surface area contributed by atoms with Gasteiger partial charge in [-0.3, -0.25) is 14.9 Å². The van der Waals surface area contributed by atoms with Gasteiger partial charge in [0.05, 0.1) is 18.6 Å². The number of hydrogen-bond acceptors (Lipinski definition) is 5. The molecule has 0 fully saturated rings. The first-order valence-corrected chi connectivity index (χ1v) is 10.4. The number of carbonyl (C=O) groups excluding carboxylic acids is 3. The summed E-state index contributed by atoms with van der Waals surface area (Å²) in [5.41, 5.74) is 1.88. The zero-order valence-electron chi connectivity index (χ0n) is 16.3. The van der Waals surface area contributed by atoms with Crippen molar-refractivity contribution in [3.63, 3.8) is 0 Å². The van der Waals surface area contributed by atoms with Crippen molar-refractivity contribution in [2.75, 3.05) is 11.9 Å². The summed E-state index contributed by atoms with van der Waals surface area (Å²) in [5, 5.41) is 5.46. The van der Waals surface area contributed by atoms with Gasteiger partial charge in [0.15, 0.2) is 0 Å². The van der Waals surface area contributed by atoms with Crippen LogP contribution in [0.4, 0.5) is 14.2 Å². The van der Waals surface area contributed by atoms with Crippen LogP contribution in [0.25, 0.3) is 0 Å². The van der Waals surface area contributed by atoms with Crippen molar-refractivity contribution >= 4 is 34.2 Å². The van der Waals surface area contributed by atoms with Gasteiger partial charge in [0, 0.05) is 4.88 Å². The minimum Gasteiger partial charge on any atom is -0.450 e. The SMILES string of the molecule is CCOC(=O)NC(=O)c1c(NC(=O)Cc2ccc(F)cc2)sc2c1CC[C@@H](C)C2. The van der Waals surface area contributed by atoms with Crippen molar-refractivity contribution in [3.8, 4) is 0 Å². The zero-order valence-corrected chi connectivity index (χ0v) is 17.2. The topological polar surface area (TPSA) is 84.5 Å². The number of alkyl carbamates (subject to hydrolysis) is 1. The predicted octanol–water partition coefficient (Wildman–Crippen LogP) is 4.08. The van der Waals surface area contributed by atoms with E-state index in [1.807, 2.05) is 0 Å². The van der Waals surface area contributed by atoms with Gasteiger partial charge in [0.25, 0.3) is 5.91 Å². The molecule has 0 unspecified atom stereocenters. The summed E-state index contributed by atoms with van der Waals surface area (Å²) in [5.74, 6) is -0.766. The van der Waals surface area contributed by atoms with Crippen LogP contribution in [-0.4, -0.2) is 24.5 Å². The number of fused-ring (bicyclic) bond motifs is 1. The Balaban J connectivity index is 1.82. The number of nitrogens with one attached hydrogen (secondary N) is 2. The van der Waals surface area contributed by atoms with Crippen LogP contribution < -0.4 is 10.6 Å². The van der Waals surface area contributed by atoms with Crippen molar-refractivity contribution < 1.29 is 23.5 Å². The van der Waals surface area contributed by atoms with Gasteiger partial charge in [-0.05, 0) is 55.4 Å². The number of rotatable bonds is 5. The van der Waals surface area contributed by atoms with Gasteiger partial charge in [-0.2, -0.15) is 0 Å². The molecule has 1 heterocycles. The molecule has 0 spiro atoms. The van der Waals surface area contributed by atoms with E-state index in [1.165, 1.54) is 23.5 Å². The average Bonchev–Trinajstić information content (AvgIpc) is 3.00. The summed E-state index contributed by atoms with van der Waals surface area (Å²) in [6.07, 6.45) is 1.72. The van der Waals surface area contributed by atoms with Crippen molar-refractivity contribution in [2.45, 2.75) is 39.5 Å². The lowest BCUT2D eigenvalue weighted by atomic mass is 9.88. The fourth-order valence-corrected chi connectivity index (χ4v) is 4.78. The predicted molar refractivity (Wildman–Crippen MR) is 109 cm³/mol. The van der Waals surface area contributed by atoms with Gasteiger partial charge in [-0.1, -0.05) is 19.1 Å². The van der Waals surface area contributed by atoms with Gasteiger partial charge < -0.3 is 10.1 Å². The quantitative estimate of drug-likeness (QED) is 0.766. The van der Waals surface area contributed by atoms with E-state index in [2.05, 4.69) is 17.6 Å². The Morgan fingerprint density at radius 1 is 1.24 bits per heavy atom. The molecule has 1 aliphatic rings. The Bertz CT molecular complexity index is 924. The molecule has 0 radical (unpaired) electrons. The minimum atomic E-state index is -0.815. The monoisotopic (exact) mass is 418 g/mol. The first kappa shape index (κ1) is 21.0. The molecule has 8 heteroatoms. The van der Waals surface area contributed by atoms with E-state index in [0.717, 1.165) is 23.3 Å². The van der Waals surface area contributed by atoms with Gasteiger partial charge >= 0.3 is 6.09 Å². The normalized spacial score (nSPS) is 15.3. The Kier molecular flexibility index (Phi) is 6.64. The Morgan fingerprint density at radius 3 is 2.66 bits per heavy atom. The second-order valence-corrected chi connectivity index (χ2v) is 8.19. The molecule has 29 heavy (non-hydrogen) atoms. The molecule has 0 aliphatic heterocycles. The van der Waals surface area contributed by atoms with Crippen molar-refractivity contribution in [1.82, 2.24) is 5.32 Å². The number of halogens is 1. The smallest absolute Gasteiger partial charge is 0.414 e. The fourth-order valence-electron chi connectivity index (χ4n) is 3.36. The molecule has 1 aliphatic carbocycles. The molecule has 2 aromatic rings. The molecule has 0 bridgehead atoms. The van der Waals surface area contributed by atoms with Crippen molar-refractivity contribution in [1.29, 1.82) is 0 Å². The van der Waals surface area contributed by atoms with E-state index in [-0.39, 0.29) is 24.8 Å². The Hall–Kier alpha value is -2.74. The first-order chi connectivity index (χ1) is 13.9. The summed E-state index contributed by atoms with van der Waals surface area (Å²) >= 11 is 1.37. The van der Waals surface area contributed by atoms with Crippen LogP contribution in [0.15, 0.2) is 24.3 Å². The Labute approximate surface area is 172 Å². The van der Waals surface area contributed by atoms with E-state index in [0.29, 0.717) is 28.5 Å². The molecule has 6 nitrogen and oxygen atoms in total. The lowest BCUT2D eigenvalue weighted by molar-refractivity contribution is -0.115. The van der Waals surface area contributed by atoms with Crippen LogP contribution in [0.5, 0.6) is 0 Å². The van der Waals surface area contributed by atoms with E-state index in [1.54, 1.807) is 19.1 Å². The van der Waals surface area contributed by atoms with E-state index in [9.17, 15) is 18.8 Å². The highest BCUT2D eigenvalue weighted by molar-refractivity contribution is 7.17. The molecule has 0 saturated heterocycles. The van der Waals surface area contributed by atoms with Gasteiger partial charge in [-0.15, -0.1) is 11.3 Å². The Morgan fingerprint density at radius 2 is 1.97 bits per heavy atom. The number of thiophene rings is 1. The molecule has 2 N–H and O–H groups in total. The lowest BCUT2D eigenvalue weighted by Gasteiger charge is -2.18. The largest absolute Gasteiger partial charge is 0.450 e. The highest BCUT2D eigenvalue weighted by Gasteiger charge is 2.29. The average molecular weight is 418 g/mol. The maximum Gasteiger partial charge on any atom is 0.414 e. The standard InChI is InChI=1S/C21H23FN2O4S/c1-3-28-21(27)24-19(26)18-15-9-4-12(2)10-16(15)29-20(18)23-17(25)11-13-5-7-14(22)8-6-13/h5-8,12H,3-4,9-11H2,1-2H3,(H,23,25)(H,24,26,27)/t12-/m1/s1. The van der Waals surface area contributed by atoms with E-state index in [4.69, 9.17) is 4.74 Å². The zero-order chi connectivity index (χ0) is 21.0. The van der Waals surface area contributed by atoms with Gasteiger partial charge in [0.1, 0.15) is 10.8 Å². The van der Waals surface area contributed by atoms with Crippen LogP contribution in [0.1, 0.15) is 46.6 Å². The number of imide groups is 1. The third-order valence-electron chi connectivity index (χ3n) is 4.76. The maximum absolute atomic E-state index is 13.1. The van der Waals surface area contributed by atoms with E-state index < -0.39 is 12.0 Å². The molecule has 3 amide bonds. The fraction of sp³-hybridized carbons (Fsp3) is 0.381. The summed E-state index contributed by atoms with van der Waals surface area (Å²) in [6, 6.07) is 5.69. The van der Waals surface area contributed by atoms with E-state index >= 15 is 0 Å². The minimum absolute atomic E-state index is 0.0538. The van der Waals surface area contributed by atoms with Crippen LogP contribution in [0.2, 0.25) is 0 Å². The summed E-state index contributed by atoms with van der Waals surface area (Å²) in [4.78, 5) is 38.0. The van der Waals surface area contributed by atoms with Crippen LogP contribution >= 0.6 is 11.3 Å².